The molecule has 4 nitrogen and oxygen atoms in total. The van der Waals surface area contributed by atoms with Crippen molar-refractivity contribution in [2.45, 2.75) is 45.2 Å². The Morgan fingerprint density at radius 2 is 2.33 bits per heavy atom. The Bertz CT molecular complexity index is 221. The van der Waals surface area contributed by atoms with Gasteiger partial charge in [-0.3, -0.25) is 4.79 Å². The van der Waals surface area contributed by atoms with Crippen LogP contribution in [0.25, 0.3) is 0 Å². The number of carbonyl (C=O) groups excluding carboxylic acids is 1. The smallest absolute Gasteiger partial charge is 0.240 e. The van der Waals surface area contributed by atoms with Gasteiger partial charge in [0.15, 0.2) is 0 Å². The van der Waals surface area contributed by atoms with E-state index in [2.05, 4.69) is 0 Å². The summed E-state index contributed by atoms with van der Waals surface area (Å²) >= 11 is 0. The van der Waals surface area contributed by atoms with E-state index in [4.69, 9.17) is 10.8 Å². The lowest BCUT2D eigenvalue weighted by Crippen LogP contribution is -2.49. The summed E-state index contributed by atoms with van der Waals surface area (Å²) in [7, 11) is 0. The van der Waals surface area contributed by atoms with Crippen molar-refractivity contribution in [3.8, 4) is 0 Å². The first-order valence-electron chi connectivity index (χ1n) is 5.78. The van der Waals surface area contributed by atoms with E-state index >= 15 is 0 Å². The molecular weight excluding hydrogens is 192 g/mol. The summed E-state index contributed by atoms with van der Waals surface area (Å²) in [6.45, 7) is 4.82. The Balaban J connectivity index is 2.59. The summed E-state index contributed by atoms with van der Waals surface area (Å²) < 4.78 is 0. The van der Waals surface area contributed by atoms with Crippen molar-refractivity contribution in [1.29, 1.82) is 0 Å². The van der Waals surface area contributed by atoms with E-state index in [1.807, 2.05) is 13.8 Å². The second kappa shape index (κ2) is 5.47. The van der Waals surface area contributed by atoms with Crippen molar-refractivity contribution in [3.05, 3.63) is 0 Å². The summed E-state index contributed by atoms with van der Waals surface area (Å²) in [6.07, 6.45) is 2.78. The molecule has 1 amide bonds. The maximum atomic E-state index is 12.0. The number of hydrogen-bond acceptors (Lipinski definition) is 3. The standard InChI is InChI=1S/C11H22N2O2/c1-3-8(2)10(12)11(15)13-6-4-5-9(13)7-14/h8-10,14H,3-7,12H2,1-2H3/t8?,9-,10-/m0/s1. The minimum atomic E-state index is -0.415. The summed E-state index contributed by atoms with van der Waals surface area (Å²) in [5, 5.41) is 9.13. The minimum Gasteiger partial charge on any atom is -0.394 e. The van der Waals surface area contributed by atoms with Gasteiger partial charge in [0.05, 0.1) is 18.7 Å². The Morgan fingerprint density at radius 3 is 2.87 bits per heavy atom. The number of hydrogen-bond donors (Lipinski definition) is 2. The fourth-order valence-electron chi connectivity index (χ4n) is 2.00. The normalized spacial score (nSPS) is 25.3. The molecular formula is C11H22N2O2. The van der Waals surface area contributed by atoms with Gasteiger partial charge in [0.2, 0.25) is 5.91 Å². The molecule has 1 rings (SSSR count). The summed E-state index contributed by atoms with van der Waals surface area (Å²) in [4.78, 5) is 13.8. The average molecular weight is 214 g/mol. The van der Waals surface area contributed by atoms with Crippen LogP contribution in [0.2, 0.25) is 0 Å². The van der Waals surface area contributed by atoms with Gasteiger partial charge in [0, 0.05) is 6.54 Å². The number of rotatable bonds is 4. The molecule has 0 radical (unpaired) electrons. The van der Waals surface area contributed by atoms with Crippen molar-refractivity contribution in [2.75, 3.05) is 13.2 Å². The van der Waals surface area contributed by atoms with Crippen molar-refractivity contribution in [2.24, 2.45) is 11.7 Å². The van der Waals surface area contributed by atoms with Gasteiger partial charge in [0.1, 0.15) is 0 Å². The lowest BCUT2D eigenvalue weighted by atomic mass is 9.98. The topological polar surface area (TPSA) is 66.6 Å². The number of amides is 1. The van der Waals surface area contributed by atoms with E-state index in [-0.39, 0.29) is 24.5 Å². The molecule has 1 saturated heterocycles. The quantitative estimate of drug-likeness (QED) is 0.709. The van der Waals surface area contributed by atoms with Crippen LogP contribution in [0.5, 0.6) is 0 Å². The van der Waals surface area contributed by atoms with Crippen molar-refractivity contribution in [3.63, 3.8) is 0 Å². The second-order valence-corrected chi connectivity index (χ2v) is 4.42. The summed E-state index contributed by atoms with van der Waals surface area (Å²) in [6, 6.07) is -0.422. The lowest BCUT2D eigenvalue weighted by molar-refractivity contribution is -0.135. The molecule has 1 heterocycles. The van der Waals surface area contributed by atoms with Crippen molar-refractivity contribution in [1.82, 2.24) is 4.90 Å². The van der Waals surface area contributed by atoms with E-state index in [9.17, 15) is 4.79 Å². The molecule has 15 heavy (non-hydrogen) atoms. The molecule has 1 fully saturated rings. The Kier molecular flexibility index (Phi) is 4.54. The molecule has 0 aromatic heterocycles. The van der Waals surface area contributed by atoms with Gasteiger partial charge in [-0.25, -0.2) is 0 Å². The number of aliphatic hydroxyl groups excluding tert-OH is 1. The number of nitrogens with zero attached hydrogens (tertiary/aromatic N) is 1. The SMILES string of the molecule is CCC(C)[C@H](N)C(=O)N1CCC[C@H]1CO. The molecule has 0 aromatic carbocycles. The number of carbonyl (C=O) groups is 1. The van der Waals surface area contributed by atoms with Crippen molar-refractivity contribution < 1.29 is 9.90 Å². The predicted molar refractivity (Wildman–Crippen MR) is 59.3 cm³/mol. The highest BCUT2D eigenvalue weighted by Gasteiger charge is 2.32. The first-order valence-corrected chi connectivity index (χ1v) is 5.78. The Morgan fingerprint density at radius 1 is 1.67 bits per heavy atom. The third-order valence-corrected chi connectivity index (χ3v) is 3.41. The Hall–Kier alpha value is -0.610. The highest BCUT2D eigenvalue weighted by atomic mass is 16.3. The van der Waals surface area contributed by atoms with Crippen LogP contribution in [0.15, 0.2) is 0 Å². The fourth-order valence-corrected chi connectivity index (χ4v) is 2.00. The molecule has 4 heteroatoms. The molecule has 88 valence electrons. The lowest BCUT2D eigenvalue weighted by Gasteiger charge is -2.28. The highest BCUT2D eigenvalue weighted by Crippen LogP contribution is 2.19. The molecule has 0 aliphatic carbocycles. The zero-order valence-electron chi connectivity index (χ0n) is 9.65. The molecule has 3 atom stereocenters. The first kappa shape index (κ1) is 12.5. The highest BCUT2D eigenvalue weighted by molar-refractivity contribution is 5.82. The van der Waals surface area contributed by atoms with Gasteiger partial charge in [0.25, 0.3) is 0 Å². The number of nitrogens with two attached hydrogens (primary N) is 1. The van der Waals surface area contributed by atoms with Crippen LogP contribution in [0.1, 0.15) is 33.1 Å². The van der Waals surface area contributed by atoms with E-state index in [1.165, 1.54) is 0 Å². The molecule has 0 saturated carbocycles. The molecule has 1 aliphatic rings. The van der Waals surface area contributed by atoms with E-state index in [0.717, 1.165) is 25.8 Å². The Labute approximate surface area is 91.4 Å². The molecule has 1 unspecified atom stereocenters. The zero-order chi connectivity index (χ0) is 11.4. The van der Waals surface area contributed by atoms with Crippen LogP contribution in [-0.4, -0.2) is 41.1 Å². The van der Waals surface area contributed by atoms with Gasteiger partial charge in [-0.1, -0.05) is 20.3 Å². The number of aliphatic hydroxyl groups is 1. The number of likely N-dealkylation sites (tertiary alicyclic amines) is 1. The average Bonchev–Trinajstić information content (AvgIpc) is 2.73. The third-order valence-electron chi connectivity index (χ3n) is 3.41. The minimum absolute atomic E-state index is 0.000833. The van der Waals surface area contributed by atoms with Crippen LogP contribution in [-0.2, 0) is 4.79 Å². The largest absolute Gasteiger partial charge is 0.394 e. The fraction of sp³-hybridized carbons (Fsp3) is 0.909. The molecule has 1 aliphatic heterocycles. The summed E-state index contributed by atoms with van der Waals surface area (Å²) in [5.41, 5.74) is 5.90. The van der Waals surface area contributed by atoms with E-state index in [0.29, 0.717) is 0 Å². The van der Waals surface area contributed by atoms with Crippen LogP contribution in [0, 0.1) is 5.92 Å². The van der Waals surface area contributed by atoms with Crippen LogP contribution < -0.4 is 5.73 Å². The monoisotopic (exact) mass is 214 g/mol. The maximum Gasteiger partial charge on any atom is 0.240 e. The first-order chi connectivity index (χ1) is 7.11. The van der Waals surface area contributed by atoms with Gasteiger partial charge in [-0.15, -0.1) is 0 Å². The van der Waals surface area contributed by atoms with Gasteiger partial charge >= 0.3 is 0 Å². The zero-order valence-corrected chi connectivity index (χ0v) is 9.65. The van der Waals surface area contributed by atoms with Crippen LogP contribution in [0.3, 0.4) is 0 Å². The van der Waals surface area contributed by atoms with E-state index < -0.39 is 6.04 Å². The van der Waals surface area contributed by atoms with Gasteiger partial charge in [-0.05, 0) is 18.8 Å². The molecule has 0 bridgehead atoms. The second-order valence-electron chi connectivity index (χ2n) is 4.42. The van der Waals surface area contributed by atoms with Gasteiger partial charge < -0.3 is 15.7 Å². The third kappa shape index (κ3) is 2.69. The summed E-state index contributed by atoms with van der Waals surface area (Å²) in [5.74, 6) is 0.207. The van der Waals surface area contributed by atoms with Gasteiger partial charge in [-0.2, -0.15) is 0 Å². The molecule has 3 N–H and O–H groups in total. The van der Waals surface area contributed by atoms with Crippen LogP contribution >= 0.6 is 0 Å². The molecule has 0 aromatic rings. The van der Waals surface area contributed by atoms with Crippen LogP contribution in [0.4, 0.5) is 0 Å². The maximum absolute atomic E-state index is 12.0. The predicted octanol–water partition coefficient (Wildman–Crippen LogP) is 0.343. The molecule has 0 spiro atoms. The van der Waals surface area contributed by atoms with Crippen molar-refractivity contribution >= 4 is 5.91 Å². The van der Waals surface area contributed by atoms with E-state index in [1.54, 1.807) is 4.90 Å².